The lowest BCUT2D eigenvalue weighted by Gasteiger charge is -2.29. The highest BCUT2D eigenvalue weighted by Gasteiger charge is 2.22. The highest BCUT2D eigenvalue weighted by Crippen LogP contribution is 2.38. The molecule has 0 aromatic heterocycles. The van der Waals surface area contributed by atoms with Gasteiger partial charge in [-0.3, -0.25) is 0 Å². The molecule has 0 radical (unpaired) electrons. The van der Waals surface area contributed by atoms with Crippen LogP contribution in [0, 0.1) is 29.6 Å². The van der Waals surface area contributed by atoms with Crippen molar-refractivity contribution < 1.29 is 0 Å². The molecule has 3 aliphatic carbocycles. The van der Waals surface area contributed by atoms with Crippen molar-refractivity contribution in [1.82, 2.24) is 0 Å². The molecule has 0 nitrogen and oxygen atoms in total. The van der Waals surface area contributed by atoms with Crippen LogP contribution < -0.4 is 0 Å². The predicted molar refractivity (Wildman–Crippen MR) is 131 cm³/mol. The Labute approximate surface area is 190 Å². The fraction of sp³-hybridized carbons (Fsp3) is 0.655. The number of hydrogen-bond donors (Lipinski definition) is 0. The molecular weight excluding hydrogens is 384 g/mol. The minimum atomic E-state index is 0.738. The zero-order valence-corrected chi connectivity index (χ0v) is 19.7. The average Bonchev–Trinajstić information content (AvgIpc) is 2.79. The maximum Gasteiger partial charge on any atom is 0.0406 e. The van der Waals surface area contributed by atoms with Crippen LogP contribution in [0.1, 0.15) is 95.5 Å². The first-order valence-corrected chi connectivity index (χ1v) is 13.2. The molecule has 3 saturated carbocycles. The summed E-state index contributed by atoms with van der Waals surface area (Å²) in [5, 5.41) is 0.851. The number of benzene rings is 1. The van der Waals surface area contributed by atoms with E-state index in [2.05, 4.69) is 43.4 Å². The second-order valence-electron chi connectivity index (χ2n) is 10.6. The van der Waals surface area contributed by atoms with Crippen molar-refractivity contribution in [3.63, 3.8) is 0 Å². The first-order chi connectivity index (χ1) is 14.7. The Morgan fingerprint density at radius 3 is 1.37 bits per heavy atom. The third kappa shape index (κ3) is 6.49. The largest absolute Gasteiger partial charge is 0.0851 e. The Hall–Kier alpha value is -1.01. The molecule has 0 spiro atoms. The van der Waals surface area contributed by atoms with Crippen molar-refractivity contribution in [3.05, 3.63) is 59.2 Å². The summed E-state index contributed by atoms with van der Waals surface area (Å²) < 4.78 is 0. The highest BCUT2D eigenvalue weighted by molar-refractivity contribution is 6.30. The normalized spacial score (nSPS) is 35.8. The lowest BCUT2D eigenvalue weighted by Crippen LogP contribution is -2.14. The van der Waals surface area contributed by atoms with Gasteiger partial charge in [-0.1, -0.05) is 67.8 Å². The molecule has 30 heavy (non-hydrogen) atoms. The number of allylic oxidation sites excluding steroid dienone is 4. The van der Waals surface area contributed by atoms with Crippen molar-refractivity contribution in [2.24, 2.45) is 29.6 Å². The maximum atomic E-state index is 6.04. The monoisotopic (exact) mass is 424 g/mol. The van der Waals surface area contributed by atoms with Crippen LogP contribution in [0.3, 0.4) is 0 Å². The van der Waals surface area contributed by atoms with E-state index in [4.69, 9.17) is 11.6 Å². The molecule has 0 bridgehead atoms. The molecule has 0 N–H and O–H groups in total. The Bertz CT molecular complexity index is 676. The van der Waals surface area contributed by atoms with E-state index in [-0.39, 0.29) is 0 Å². The summed E-state index contributed by atoms with van der Waals surface area (Å²) in [6.07, 6.45) is 27.0. The second-order valence-corrected chi connectivity index (χ2v) is 11.1. The second kappa shape index (κ2) is 11.0. The van der Waals surface area contributed by atoms with Crippen LogP contribution >= 0.6 is 11.6 Å². The van der Waals surface area contributed by atoms with Gasteiger partial charge in [0.25, 0.3) is 0 Å². The summed E-state index contributed by atoms with van der Waals surface area (Å²) in [5.41, 5.74) is 1.48. The van der Waals surface area contributed by atoms with E-state index in [0.717, 1.165) is 40.5 Å². The fourth-order valence-electron chi connectivity index (χ4n) is 6.02. The van der Waals surface area contributed by atoms with Crippen LogP contribution in [-0.4, -0.2) is 0 Å². The topological polar surface area (TPSA) is 0 Å². The molecule has 0 aliphatic heterocycles. The molecule has 0 amide bonds. The van der Waals surface area contributed by atoms with E-state index in [1.54, 1.807) is 0 Å². The SMILES string of the molecule is CC1CCC(/C=C/C2CCC(/C=C/C3CCC(c4ccc(Cl)cc4)CC3)CC2)CC1. The zero-order chi connectivity index (χ0) is 20.8. The Kier molecular flexibility index (Phi) is 8.16. The Morgan fingerprint density at radius 1 is 0.567 bits per heavy atom. The van der Waals surface area contributed by atoms with Crippen LogP contribution in [0.15, 0.2) is 48.6 Å². The smallest absolute Gasteiger partial charge is 0.0406 e. The van der Waals surface area contributed by atoms with Gasteiger partial charge in [0.05, 0.1) is 0 Å². The fourth-order valence-corrected chi connectivity index (χ4v) is 6.14. The van der Waals surface area contributed by atoms with Gasteiger partial charge in [-0.05, 0) is 117 Å². The number of hydrogen-bond acceptors (Lipinski definition) is 0. The molecule has 1 heteroatoms. The van der Waals surface area contributed by atoms with Gasteiger partial charge < -0.3 is 0 Å². The van der Waals surface area contributed by atoms with Crippen molar-refractivity contribution in [1.29, 1.82) is 0 Å². The molecule has 0 atom stereocenters. The molecule has 1 aromatic rings. The third-order valence-electron chi connectivity index (χ3n) is 8.30. The van der Waals surface area contributed by atoms with Gasteiger partial charge in [0, 0.05) is 5.02 Å². The standard InChI is InChI=1S/C29H41Cl/c1-22-2-4-23(5-3-22)6-7-24-8-10-25(11-9-24)12-13-26-14-16-27(17-15-26)28-18-20-29(30)21-19-28/h6-7,12-13,18-27H,2-5,8-11,14-17H2,1H3/b7-6+,13-12+. The maximum absolute atomic E-state index is 6.04. The molecule has 1 aromatic carbocycles. The first kappa shape index (κ1) is 22.2. The molecule has 164 valence electrons. The van der Waals surface area contributed by atoms with E-state index in [1.807, 2.05) is 12.1 Å². The predicted octanol–water partition coefficient (Wildman–Crippen LogP) is 9.36. The lowest BCUT2D eigenvalue weighted by atomic mass is 9.77. The van der Waals surface area contributed by atoms with Gasteiger partial charge in [0.15, 0.2) is 0 Å². The summed E-state index contributed by atoms with van der Waals surface area (Å²) >= 11 is 6.04. The summed E-state index contributed by atoms with van der Waals surface area (Å²) in [7, 11) is 0. The van der Waals surface area contributed by atoms with E-state index in [0.29, 0.717) is 0 Å². The van der Waals surface area contributed by atoms with Gasteiger partial charge in [-0.2, -0.15) is 0 Å². The van der Waals surface area contributed by atoms with E-state index in [9.17, 15) is 0 Å². The third-order valence-corrected chi connectivity index (χ3v) is 8.55. The molecule has 0 saturated heterocycles. The lowest BCUT2D eigenvalue weighted by molar-refractivity contribution is 0.324. The first-order valence-electron chi connectivity index (χ1n) is 12.8. The van der Waals surface area contributed by atoms with Gasteiger partial charge >= 0.3 is 0 Å². The van der Waals surface area contributed by atoms with Crippen molar-refractivity contribution in [2.45, 2.75) is 89.9 Å². The average molecular weight is 425 g/mol. The van der Waals surface area contributed by atoms with Crippen molar-refractivity contribution >= 4 is 11.6 Å². The minimum Gasteiger partial charge on any atom is -0.0851 e. The van der Waals surface area contributed by atoms with Crippen molar-refractivity contribution in [3.8, 4) is 0 Å². The van der Waals surface area contributed by atoms with Gasteiger partial charge in [-0.15, -0.1) is 0 Å². The number of halogens is 1. The zero-order valence-electron chi connectivity index (χ0n) is 18.9. The van der Waals surface area contributed by atoms with Crippen LogP contribution in [0.2, 0.25) is 5.02 Å². The Balaban J connectivity index is 1.15. The van der Waals surface area contributed by atoms with Gasteiger partial charge in [0.1, 0.15) is 0 Å². The highest BCUT2D eigenvalue weighted by atomic mass is 35.5. The van der Waals surface area contributed by atoms with Gasteiger partial charge in [-0.25, -0.2) is 0 Å². The van der Waals surface area contributed by atoms with E-state index in [1.165, 1.54) is 82.6 Å². The van der Waals surface area contributed by atoms with E-state index < -0.39 is 0 Å². The summed E-state index contributed by atoms with van der Waals surface area (Å²) in [6, 6.07) is 8.55. The summed E-state index contributed by atoms with van der Waals surface area (Å²) in [6.45, 7) is 2.42. The summed E-state index contributed by atoms with van der Waals surface area (Å²) in [4.78, 5) is 0. The quantitative estimate of drug-likeness (QED) is 0.413. The molecule has 3 fully saturated rings. The van der Waals surface area contributed by atoms with E-state index >= 15 is 0 Å². The van der Waals surface area contributed by atoms with Crippen LogP contribution in [0.5, 0.6) is 0 Å². The molecule has 0 heterocycles. The molecular formula is C29H41Cl. The summed E-state index contributed by atoms with van der Waals surface area (Å²) in [5.74, 6) is 5.07. The van der Waals surface area contributed by atoms with Crippen LogP contribution in [0.4, 0.5) is 0 Å². The minimum absolute atomic E-state index is 0.738. The molecule has 0 unspecified atom stereocenters. The molecule has 3 aliphatic rings. The van der Waals surface area contributed by atoms with Crippen molar-refractivity contribution in [2.75, 3.05) is 0 Å². The van der Waals surface area contributed by atoms with Gasteiger partial charge in [0.2, 0.25) is 0 Å². The van der Waals surface area contributed by atoms with Crippen LogP contribution in [-0.2, 0) is 0 Å². The van der Waals surface area contributed by atoms with Crippen LogP contribution in [0.25, 0.3) is 0 Å². The Morgan fingerprint density at radius 2 is 0.933 bits per heavy atom. The number of rotatable bonds is 5. The molecule has 4 rings (SSSR count).